The van der Waals surface area contributed by atoms with Crippen LogP contribution in [0, 0.1) is 17.2 Å². The molecule has 3 aromatic heterocycles. The molecule has 0 atom stereocenters. The minimum absolute atomic E-state index is 0.346. The summed E-state index contributed by atoms with van der Waals surface area (Å²) in [5, 5.41) is 19.0. The fourth-order valence-electron chi connectivity index (χ4n) is 4.51. The zero-order valence-corrected chi connectivity index (χ0v) is 19.2. The smallest absolute Gasteiger partial charge is 0.277 e. The monoisotopic (exact) mass is 460 g/mol. The molecule has 2 N–H and O–H groups in total. The molecule has 11 nitrogen and oxygen atoms in total. The molecule has 5 rings (SSSR count). The van der Waals surface area contributed by atoms with Gasteiger partial charge in [-0.3, -0.25) is 4.79 Å². The van der Waals surface area contributed by atoms with Gasteiger partial charge >= 0.3 is 0 Å². The Labute approximate surface area is 197 Å². The van der Waals surface area contributed by atoms with Crippen LogP contribution in [-0.4, -0.2) is 76.4 Å². The number of hydrogen-bond acceptors (Lipinski definition) is 10. The molecule has 0 saturated carbocycles. The van der Waals surface area contributed by atoms with Crippen LogP contribution in [0.1, 0.15) is 19.3 Å². The van der Waals surface area contributed by atoms with Crippen molar-refractivity contribution in [1.82, 2.24) is 30.0 Å². The van der Waals surface area contributed by atoms with Crippen molar-refractivity contribution >= 4 is 34.2 Å². The number of piperazine rings is 1. The molecule has 0 radical (unpaired) electrons. The second kappa shape index (κ2) is 9.61. The summed E-state index contributed by atoms with van der Waals surface area (Å²) < 4.78 is 0. The van der Waals surface area contributed by atoms with Crippen LogP contribution in [0.25, 0.3) is 10.9 Å². The van der Waals surface area contributed by atoms with E-state index in [9.17, 15) is 4.79 Å². The van der Waals surface area contributed by atoms with Gasteiger partial charge < -0.3 is 20.0 Å². The topological polar surface area (TPSA) is 130 Å². The Hall–Kier alpha value is -3.78. The lowest BCUT2D eigenvalue weighted by molar-refractivity contribution is 0.312. The summed E-state index contributed by atoms with van der Waals surface area (Å²) in [5.41, 5.74) is 0.881. The second-order valence-electron chi connectivity index (χ2n) is 8.94. The van der Waals surface area contributed by atoms with Crippen molar-refractivity contribution in [3.8, 4) is 6.07 Å². The maximum absolute atomic E-state index is 12.6. The van der Waals surface area contributed by atoms with Crippen molar-refractivity contribution in [3.63, 3.8) is 0 Å². The normalized spacial score (nSPS) is 17.6. The Morgan fingerprint density at radius 3 is 2.59 bits per heavy atom. The average Bonchev–Trinajstić information content (AvgIpc) is 2.86. The average molecular weight is 461 g/mol. The lowest BCUT2D eigenvalue weighted by Crippen LogP contribution is -2.44. The molecule has 3 aromatic rings. The van der Waals surface area contributed by atoms with Crippen molar-refractivity contribution in [3.05, 3.63) is 34.9 Å². The molecule has 0 amide bonds. The number of anilines is 4. The van der Waals surface area contributed by atoms with E-state index in [2.05, 4.69) is 53.3 Å². The van der Waals surface area contributed by atoms with Gasteiger partial charge in [0.05, 0.1) is 24.2 Å². The number of hydrogen-bond donors (Lipinski definition) is 2. The van der Waals surface area contributed by atoms with Gasteiger partial charge in [0.15, 0.2) is 0 Å². The standard InChI is InChI=1S/C23H28N10O/c1-31-10-12-32(13-11-31)19-3-2-17(14-25-19)27-21-20-18(15-26-30-22(20)34)28-23(29-21)33-8-5-16(4-7-24)6-9-33/h2-3,14-16H,4-6,8-13H2,1H3,(H,30,34)(H,27,28,29). The van der Waals surface area contributed by atoms with Gasteiger partial charge in [0.25, 0.3) is 5.56 Å². The summed E-state index contributed by atoms with van der Waals surface area (Å²) in [7, 11) is 2.13. The van der Waals surface area contributed by atoms with E-state index in [1.165, 1.54) is 0 Å². The van der Waals surface area contributed by atoms with E-state index in [4.69, 9.17) is 10.2 Å². The molecule has 0 spiro atoms. The van der Waals surface area contributed by atoms with Gasteiger partial charge in [0.2, 0.25) is 5.95 Å². The molecular formula is C23H28N10O. The van der Waals surface area contributed by atoms with E-state index in [0.717, 1.165) is 63.6 Å². The molecule has 2 fully saturated rings. The fourth-order valence-corrected chi connectivity index (χ4v) is 4.51. The lowest BCUT2D eigenvalue weighted by Gasteiger charge is -2.33. The molecule has 5 heterocycles. The third-order valence-electron chi connectivity index (χ3n) is 6.62. The number of rotatable bonds is 5. The van der Waals surface area contributed by atoms with Gasteiger partial charge in [-0.15, -0.1) is 0 Å². The summed E-state index contributed by atoms with van der Waals surface area (Å²) in [6.45, 7) is 5.47. The molecule has 176 valence electrons. The Balaban J connectivity index is 1.40. The number of pyridine rings is 1. The number of piperidine rings is 1. The number of fused-ring (bicyclic) bond motifs is 1. The molecule has 0 unspecified atom stereocenters. The van der Waals surface area contributed by atoms with Gasteiger partial charge in [-0.05, 0) is 37.9 Å². The van der Waals surface area contributed by atoms with Gasteiger partial charge in [-0.25, -0.2) is 15.1 Å². The van der Waals surface area contributed by atoms with E-state index >= 15 is 0 Å². The third kappa shape index (κ3) is 4.63. The third-order valence-corrected chi connectivity index (χ3v) is 6.62. The Morgan fingerprint density at radius 2 is 1.88 bits per heavy atom. The highest BCUT2D eigenvalue weighted by atomic mass is 16.1. The van der Waals surface area contributed by atoms with E-state index in [1.54, 1.807) is 12.4 Å². The highest BCUT2D eigenvalue weighted by Crippen LogP contribution is 2.27. The van der Waals surface area contributed by atoms with Crippen molar-refractivity contribution in [1.29, 1.82) is 5.26 Å². The van der Waals surface area contributed by atoms with Gasteiger partial charge in [-0.1, -0.05) is 0 Å². The first-order valence-corrected chi connectivity index (χ1v) is 11.6. The predicted molar refractivity (Wildman–Crippen MR) is 130 cm³/mol. The first kappa shape index (κ1) is 22.0. The number of aromatic nitrogens is 5. The number of nitriles is 1. The first-order valence-electron chi connectivity index (χ1n) is 11.6. The first-order chi connectivity index (χ1) is 16.6. The van der Waals surface area contributed by atoms with Crippen molar-refractivity contribution < 1.29 is 0 Å². The van der Waals surface area contributed by atoms with Crippen LogP contribution in [-0.2, 0) is 0 Å². The van der Waals surface area contributed by atoms with Crippen LogP contribution in [0.4, 0.5) is 23.3 Å². The molecule has 2 aliphatic rings. The van der Waals surface area contributed by atoms with Crippen LogP contribution >= 0.6 is 0 Å². The number of H-pyrrole nitrogens is 1. The van der Waals surface area contributed by atoms with Gasteiger partial charge in [0, 0.05) is 45.7 Å². The highest BCUT2D eigenvalue weighted by molar-refractivity contribution is 5.90. The number of likely N-dealkylation sites (N-methyl/N-ethyl adjacent to an activating group) is 1. The molecule has 2 saturated heterocycles. The summed E-state index contributed by atoms with van der Waals surface area (Å²) in [5.74, 6) is 2.33. The fraction of sp³-hybridized carbons (Fsp3) is 0.478. The van der Waals surface area contributed by atoms with Crippen molar-refractivity contribution in [2.45, 2.75) is 19.3 Å². The number of nitrogens with zero attached hydrogens (tertiary/aromatic N) is 8. The van der Waals surface area contributed by atoms with Gasteiger partial charge in [0.1, 0.15) is 22.5 Å². The molecule has 34 heavy (non-hydrogen) atoms. The van der Waals surface area contributed by atoms with Crippen LogP contribution in [0.5, 0.6) is 0 Å². The summed E-state index contributed by atoms with van der Waals surface area (Å²) in [6.07, 6.45) is 5.73. The minimum Gasteiger partial charge on any atom is -0.354 e. The number of aromatic amines is 1. The van der Waals surface area contributed by atoms with Gasteiger partial charge in [-0.2, -0.15) is 15.3 Å². The molecular weight excluding hydrogens is 432 g/mol. The maximum Gasteiger partial charge on any atom is 0.277 e. The predicted octanol–water partition coefficient (Wildman–Crippen LogP) is 1.73. The molecule has 0 aliphatic carbocycles. The Bertz CT molecular complexity index is 1240. The molecule has 0 bridgehead atoms. The highest BCUT2D eigenvalue weighted by Gasteiger charge is 2.23. The zero-order valence-electron chi connectivity index (χ0n) is 19.2. The largest absolute Gasteiger partial charge is 0.354 e. The molecule has 11 heteroatoms. The van der Waals surface area contributed by atoms with Crippen LogP contribution in [0.3, 0.4) is 0 Å². The Kier molecular flexibility index (Phi) is 6.22. The van der Waals surface area contributed by atoms with E-state index in [-0.39, 0.29) is 5.56 Å². The van der Waals surface area contributed by atoms with E-state index < -0.39 is 0 Å². The lowest BCUT2D eigenvalue weighted by atomic mass is 9.94. The second-order valence-corrected chi connectivity index (χ2v) is 8.94. The van der Waals surface area contributed by atoms with Crippen molar-refractivity contribution in [2.24, 2.45) is 5.92 Å². The molecule has 2 aliphatic heterocycles. The maximum atomic E-state index is 12.6. The van der Waals surface area contributed by atoms with Crippen LogP contribution in [0.2, 0.25) is 0 Å². The van der Waals surface area contributed by atoms with E-state index in [0.29, 0.717) is 35.0 Å². The minimum atomic E-state index is -0.346. The Morgan fingerprint density at radius 1 is 1.09 bits per heavy atom. The van der Waals surface area contributed by atoms with E-state index in [1.807, 2.05) is 12.1 Å². The SMILES string of the molecule is CN1CCN(c2ccc(Nc3nc(N4CCC(CC#N)CC4)nc4cn[nH]c(=O)c34)cn2)CC1. The zero-order chi connectivity index (χ0) is 23.5. The quantitative estimate of drug-likeness (QED) is 0.580. The summed E-state index contributed by atoms with van der Waals surface area (Å²) >= 11 is 0. The summed E-state index contributed by atoms with van der Waals surface area (Å²) in [6, 6.07) is 6.21. The van der Waals surface area contributed by atoms with Crippen molar-refractivity contribution in [2.75, 3.05) is 61.4 Å². The van der Waals surface area contributed by atoms with Crippen LogP contribution < -0.4 is 20.7 Å². The summed E-state index contributed by atoms with van der Waals surface area (Å²) in [4.78, 5) is 33.2. The number of nitrogens with one attached hydrogen (secondary N) is 2. The van der Waals surface area contributed by atoms with Crippen LogP contribution in [0.15, 0.2) is 29.3 Å². The molecule has 0 aromatic carbocycles.